The second kappa shape index (κ2) is 3.79. The number of benzene rings is 1. The summed E-state index contributed by atoms with van der Waals surface area (Å²) in [5, 5.41) is 5.77. The SMILES string of the molecule is Cc1cc2c(c(C(C)C)c1)NC(N)NC2=O. The first-order valence-electron chi connectivity index (χ1n) is 5.46. The molecule has 1 atom stereocenters. The molecule has 86 valence electrons. The molecule has 1 aliphatic heterocycles. The van der Waals surface area contributed by atoms with Gasteiger partial charge >= 0.3 is 0 Å². The predicted molar refractivity (Wildman–Crippen MR) is 64.3 cm³/mol. The highest BCUT2D eigenvalue weighted by Gasteiger charge is 2.24. The van der Waals surface area contributed by atoms with Gasteiger partial charge in [0.25, 0.3) is 5.91 Å². The van der Waals surface area contributed by atoms with Gasteiger partial charge in [-0.3, -0.25) is 10.5 Å². The third-order valence-corrected chi connectivity index (χ3v) is 2.77. The van der Waals surface area contributed by atoms with Crippen molar-refractivity contribution >= 4 is 11.6 Å². The first-order chi connectivity index (χ1) is 7.49. The summed E-state index contributed by atoms with van der Waals surface area (Å²) in [6.45, 7) is 6.21. The Morgan fingerprint density at radius 2 is 2.00 bits per heavy atom. The lowest BCUT2D eigenvalue weighted by Crippen LogP contribution is -2.51. The Bertz CT molecular complexity index is 440. The molecule has 2 rings (SSSR count). The summed E-state index contributed by atoms with van der Waals surface area (Å²) in [6.07, 6.45) is -0.500. The second-order valence-corrected chi connectivity index (χ2v) is 4.53. The summed E-state index contributed by atoms with van der Waals surface area (Å²) in [5.41, 5.74) is 9.49. The molecule has 1 aliphatic rings. The van der Waals surface area contributed by atoms with Crippen LogP contribution in [-0.2, 0) is 0 Å². The third kappa shape index (κ3) is 1.76. The number of fused-ring (bicyclic) bond motifs is 1. The highest BCUT2D eigenvalue weighted by molar-refractivity contribution is 6.02. The Balaban J connectivity index is 2.61. The minimum absolute atomic E-state index is 0.105. The summed E-state index contributed by atoms with van der Waals surface area (Å²) in [5.74, 6) is 0.256. The van der Waals surface area contributed by atoms with Crippen molar-refractivity contribution in [2.24, 2.45) is 5.73 Å². The van der Waals surface area contributed by atoms with Crippen LogP contribution in [-0.4, -0.2) is 12.2 Å². The fraction of sp³-hybridized carbons (Fsp3) is 0.417. The summed E-state index contributed by atoms with van der Waals surface area (Å²) < 4.78 is 0. The maximum Gasteiger partial charge on any atom is 0.256 e. The highest BCUT2D eigenvalue weighted by atomic mass is 16.2. The van der Waals surface area contributed by atoms with Crippen molar-refractivity contribution < 1.29 is 4.79 Å². The first-order valence-corrected chi connectivity index (χ1v) is 5.46. The number of aryl methyl sites for hydroxylation is 1. The van der Waals surface area contributed by atoms with E-state index in [2.05, 4.69) is 30.5 Å². The van der Waals surface area contributed by atoms with Crippen LogP contribution in [0.4, 0.5) is 5.69 Å². The van der Waals surface area contributed by atoms with E-state index in [-0.39, 0.29) is 5.91 Å². The van der Waals surface area contributed by atoms with Crippen molar-refractivity contribution in [3.05, 3.63) is 28.8 Å². The number of nitrogens with one attached hydrogen (secondary N) is 2. The lowest BCUT2D eigenvalue weighted by Gasteiger charge is -2.28. The Labute approximate surface area is 95.2 Å². The number of hydrogen-bond acceptors (Lipinski definition) is 3. The third-order valence-electron chi connectivity index (χ3n) is 2.77. The quantitative estimate of drug-likeness (QED) is 0.670. The monoisotopic (exact) mass is 219 g/mol. The number of nitrogens with two attached hydrogens (primary N) is 1. The van der Waals surface area contributed by atoms with Crippen LogP contribution in [0.25, 0.3) is 0 Å². The van der Waals surface area contributed by atoms with Gasteiger partial charge in [0.15, 0.2) is 6.29 Å². The van der Waals surface area contributed by atoms with E-state index in [0.717, 1.165) is 16.8 Å². The molecule has 1 unspecified atom stereocenters. The average molecular weight is 219 g/mol. The van der Waals surface area contributed by atoms with Gasteiger partial charge in [-0.2, -0.15) is 0 Å². The van der Waals surface area contributed by atoms with Gasteiger partial charge < -0.3 is 10.6 Å². The van der Waals surface area contributed by atoms with Crippen molar-refractivity contribution in [1.82, 2.24) is 5.32 Å². The molecule has 0 bridgehead atoms. The molecule has 0 saturated carbocycles. The Kier molecular flexibility index (Phi) is 2.59. The molecule has 1 aromatic rings. The Morgan fingerprint density at radius 3 is 2.62 bits per heavy atom. The largest absolute Gasteiger partial charge is 0.352 e. The number of carbonyl (C=O) groups excluding carboxylic acids is 1. The standard InChI is InChI=1S/C12H17N3O/c1-6(2)8-4-7(3)5-9-10(8)14-12(13)15-11(9)16/h4-6,12,14H,13H2,1-3H3,(H,15,16). The lowest BCUT2D eigenvalue weighted by atomic mass is 9.94. The van der Waals surface area contributed by atoms with Crippen molar-refractivity contribution in [1.29, 1.82) is 0 Å². The first kappa shape index (κ1) is 11.0. The smallest absolute Gasteiger partial charge is 0.256 e. The van der Waals surface area contributed by atoms with Crippen molar-refractivity contribution in [3.8, 4) is 0 Å². The molecule has 0 radical (unpaired) electrons. The van der Waals surface area contributed by atoms with Gasteiger partial charge in [0, 0.05) is 0 Å². The van der Waals surface area contributed by atoms with Gasteiger partial charge in [0.1, 0.15) is 0 Å². The molecular weight excluding hydrogens is 202 g/mol. The Morgan fingerprint density at radius 1 is 1.31 bits per heavy atom. The number of hydrogen-bond donors (Lipinski definition) is 3. The topological polar surface area (TPSA) is 67.2 Å². The molecule has 0 aliphatic carbocycles. The molecule has 0 aromatic heterocycles. The Hall–Kier alpha value is -1.55. The predicted octanol–water partition coefficient (Wildman–Crippen LogP) is 1.52. The molecule has 1 aromatic carbocycles. The molecule has 4 heteroatoms. The summed E-state index contributed by atoms with van der Waals surface area (Å²) in [4.78, 5) is 11.8. The molecule has 0 spiro atoms. The van der Waals surface area contributed by atoms with E-state index >= 15 is 0 Å². The molecule has 4 N–H and O–H groups in total. The van der Waals surface area contributed by atoms with Crippen molar-refractivity contribution in [2.45, 2.75) is 33.0 Å². The fourth-order valence-electron chi connectivity index (χ4n) is 2.02. The number of anilines is 1. The summed E-state index contributed by atoms with van der Waals surface area (Å²) in [6, 6.07) is 3.98. The van der Waals surface area contributed by atoms with E-state index in [9.17, 15) is 4.79 Å². The summed E-state index contributed by atoms with van der Waals surface area (Å²) in [7, 11) is 0. The lowest BCUT2D eigenvalue weighted by molar-refractivity contribution is 0.0937. The zero-order valence-corrected chi connectivity index (χ0v) is 9.79. The normalized spacial score (nSPS) is 19.1. The van der Waals surface area contributed by atoms with Gasteiger partial charge in [0.05, 0.1) is 11.3 Å². The zero-order chi connectivity index (χ0) is 11.9. The van der Waals surface area contributed by atoms with Gasteiger partial charge in [0.2, 0.25) is 0 Å². The maximum absolute atomic E-state index is 11.8. The van der Waals surface area contributed by atoms with Crippen LogP contribution < -0.4 is 16.4 Å². The van der Waals surface area contributed by atoms with Crippen LogP contribution in [0.3, 0.4) is 0 Å². The molecule has 1 heterocycles. The molecule has 0 saturated heterocycles. The number of carbonyl (C=O) groups is 1. The second-order valence-electron chi connectivity index (χ2n) is 4.53. The van der Waals surface area contributed by atoms with Gasteiger partial charge in [-0.1, -0.05) is 19.9 Å². The van der Waals surface area contributed by atoms with Crippen LogP contribution >= 0.6 is 0 Å². The zero-order valence-electron chi connectivity index (χ0n) is 9.79. The minimum atomic E-state index is -0.500. The van der Waals surface area contributed by atoms with Crippen molar-refractivity contribution in [3.63, 3.8) is 0 Å². The van der Waals surface area contributed by atoms with Gasteiger partial charge in [-0.05, 0) is 30.0 Å². The van der Waals surface area contributed by atoms with Crippen molar-refractivity contribution in [2.75, 3.05) is 5.32 Å². The highest BCUT2D eigenvalue weighted by Crippen LogP contribution is 2.31. The maximum atomic E-state index is 11.8. The van der Waals surface area contributed by atoms with Crippen LogP contribution in [0.15, 0.2) is 12.1 Å². The molecule has 0 fully saturated rings. The summed E-state index contributed by atoms with van der Waals surface area (Å²) >= 11 is 0. The van der Waals surface area contributed by atoms with Crippen LogP contribution in [0, 0.1) is 6.92 Å². The van der Waals surface area contributed by atoms with Crippen LogP contribution in [0.2, 0.25) is 0 Å². The van der Waals surface area contributed by atoms with E-state index in [1.165, 1.54) is 0 Å². The molecular formula is C12H17N3O. The number of amides is 1. The molecule has 16 heavy (non-hydrogen) atoms. The van der Waals surface area contributed by atoms with Crippen LogP contribution in [0.1, 0.15) is 41.3 Å². The van der Waals surface area contributed by atoms with Crippen LogP contribution in [0.5, 0.6) is 0 Å². The van der Waals surface area contributed by atoms with E-state index in [4.69, 9.17) is 5.73 Å². The van der Waals surface area contributed by atoms with E-state index < -0.39 is 6.29 Å². The van der Waals surface area contributed by atoms with Gasteiger partial charge in [-0.25, -0.2) is 0 Å². The fourth-order valence-corrected chi connectivity index (χ4v) is 2.02. The van der Waals surface area contributed by atoms with E-state index in [0.29, 0.717) is 11.5 Å². The van der Waals surface area contributed by atoms with E-state index in [1.54, 1.807) is 0 Å². The number of rotatable bonds is 1. The van der Waals surface area contributed by atoms with E-state index in [1.807, 2.05) is 13.0 Å². The average Bonchev–Trinajstić information content (AvgIpc) is 2.18. The van der Waals surface area contributed by atoms with Gasteiger partial charge in [-0.15, -0.1) is 0 Å². The molecule has 1 amide bonds. The molecule has 4 nitrogen and oxygen atoms in total. The minimum Gasteiger partial charge on any atom is -0.352 e.